The Morgan fingerprint density at radius 3 is 2.76 bits per heavy atom. The normalized spacial score (nSPS) is 25.1. The molecule has 3 N–H and O–H groups in total. The van der Waals surface area contributed by atoms with Gasteiger partial charge in [0.2, 0.25) is 0 Å². The molecule has 4 nitrogen and oxygen atoms in total. The standard InChI is InChI=1S/C13H24N4/c1-3-13-10(9-17(2)16-13)8-15-12-6-4-11(14)5-7-12/h9,11-12,15H,3-8,14H2,1-2H3. The van der Waals surface area contributed by atoms with Crippen molar-refractivity contribution in [2.75, 3.05) is 0 Å². The third-order valence-electron chi connectivity index (χ3n) is 3.68. The maximum absolute atomic E-state index is 5.91. The lowest BCUT2D eigenvalue weighted by Gasteiger charge is -2.26. The van der Waals surface area contributed by atoms with Gasteiger partial charge >= 0.3 is 0 Å². The fourth-order valence-electron chi connectivity index (χ4n) is 2.61. The van der Waals surface area contributed by atoms with Crippen LogP contribution in [0.1, 0.15) is 43.9 Å². The Morgan fingerprint density at radius 2 is 2.12 bits per heavy atom. The first-order valence-electron chi connectivity index (χ1n) is 6.69. The molecule has 1 aliphatic rings. The van der Waals surface area contributed by atoms with Crippen LogP contribution in [-0.2, 0) is 20.0 Å². The third-order valence-corrected chi connectivity index (χ3v) is 3.68. The number of aryl methyl sites for hydroxylation is 2. The van der Waals surface area contributed by atoms with Crippen LogP contribution in [0.2, 0.25) is 0 Å². The highest BCUT2D eigenvalue weighted by atomic mass is 15.3. The van der Waals surface area contributed by atoms with Gasteiger partial charge < -0.3 is 11.1 Å². The minimum absolute atomic E-state index is 0.428. The highest BCUT2D eigenvalue weighted by molar-refractivity contribution is 5.16. The van der Waals surface area contributed by atoms with Crippen molar-refractivity contribution in [3.05, 3.63) is 17.5 Å². The van der Waals surface area contributed by atoms with Crippen molar-refractivity contribution in [3.8, 4) is 0 Å². The number of rotatable bonds is 4. The van der Waals surface area contributed by atoms with Crippen molar-refractivity contribution in [1.29, 1.82) is 0 Å². The average molecular weight is 236 g/mol. The van der Waals surface area contributed by atoms with Crippen LogP contribution in [0.4, 0.5) is 0 Å². The Morgan fingerprint density at radius 1 is 1.41 bits per heavy atom. The second-order valence-corrected chi connectivity index (χ2v) is 5.12. The lowest BCUT2D eigenvalue weighted by atomic mass is 9.92. The maximum atomic E-state index is 5.91. The molecule has 0 bridgehead atoms. The van der Waals surface area contributed by atoms with E-state index in [9.17, 15) is 0 Å². The van der Waals surface area contributed by atoms with E-state index in [0.29, 0.717) is 12.1 Å². The molecule has 1 aliphatic carbocycles. The van der Waals surface area contributed by atoms with Crippen LogP contribution >= 0.6 is 0 Å². The van der Waals surface area contributed by atoms with Crippen molar-refractivity contribution in [2.45, 2.75) is 57.7 Å². The quantitative estimate of drug-likeness (QED) is 0.829. The van der Waals surface area contributed by atoms with Gasteiger partial charge in [0.1, 0.15) is 0 Å². The van der Waals surface area contributed by atoms with Gasteiger partial charge in [0.05, 0.1) is 5.69 Å². The number of nitrogens with one attached hydrogen (secondary N) is 1. The van der Waals surface area contributed by atoms with E-state index in [1.54, 1.807) is 0 Å². The van der Waals surface area contributed by atoms with E-state index in [4.69, 9.17) is 5.73 Å². The Kier molecular flexibility index (Phi) is 4.18. The van der Waals surface area contributed by atoms with Gasteiger partial charge in [-0.2, -0.15) is 5.10 Å². The molecule has 0 amide bonds. The Hall–Kier alpha value is -0.870. The Balaban J connectivity index is 1.85. The van der Waals surface area contributed by atoms with E-state index >= 15 is 0 Å². The smallest absolute Gasteiger partial charge is 0.0666 e. The summed E-state index contributed by atoms with van der Waals surface area (Å²) in [4.78, 5) is 0. The van der Waals surface area contributed by atoms with Crippen molar-refractivity contribution in [1.82, 2.24) is 15.1 Å². The molecule has 0 radical (unpaired) electrons. The molecule has 0 atom stereocenters. The van der Waals surface area contributed by atoms with Crippen molar-refractivity contribution in [2.24, 2.45) is 12.8 Å². The highest BCUT2D eigenvalue weighted by Crippen LogP contribution is 2.17. The van der Waals surface area contributed by atoms with E-state index in [1.165, 1.54) is 24.1 Å². The molecule has 4 heteroatoms. The van der Waals surface area contributed by atoms with Crippen LogP contribution in [-0.4, -0.2) is 21.9 Å². The molecular formula is C13H24N4. The summed E-state index contributed by atoms with van der Waals surface area (Å²) in [5.74, 6) is 0. The number of hydrogen-bond donors (Lipinski definition) is 2. The molecule has 0 aromatic carbocycles. The molecule has 1 aromatic heterocycles. The topological polar surface area (TPSA) is 55.9 Å². The third kappa shape index (κ3) is 3.30. The van der Waals surface area contributed by atoms with Crippen LogP contribution in [0.15, 0.2) is 6.20 Å². The molecule has 1 heterocycles. The molecule has 17 heavy (non-hydrogen) atoms. The van der Waals surface area contributed by atoms with Crippen molar-refractivity contribution < 1.29 is 0 Å². The maximum Gasteiger partial charge on any atom is 0.0666 e. The number of hydrogen-bond acceptors (Lipinski definition) is 3. The Labute approximate surface area is 104 Å². The summed E-state index contributed by atoms with van der Waals surface area (Å²) < 4.78 is 1.91. The predicted octanol–water partition coefficient (Wildman–Crippen LogP) is 1.34. The van der Waals surface area contributed by atoms with Gasteiger partial charge in [-0.15, -0.1) is 0 Å². The van der Waals surface area contributed by atoms with Gasteiger partial charge in [0.25, 0.3) is 0 Å². The fourth-order valence-corrected chi connectivity index (χ4v) is 2.61. The number of aromatic nitrogens is 2. The monoisotopic (exact) mass is 236 g/mol. The van der Waals surface area contributed by atoms with Gasteiger partial charge in [-0.25, -0.2) is 0 Å². The van der Waals surface area contributed by atoms with Gasteiger partial charge in [0.15, 0.2) is 0 Å². The molecule has 1 fully saturated rings. The van der Waals surface area contributed by atoms with Crippen molar-refractivity contribution in [3.63, 3.8) is 0 Å². The first kappa shape index (κ1) is 12.6. The van der Waals surface area contributed by atoms with E-state index in [0.717, 1.165) is 25.8 Å². The van der Waals surface area contributed by atoms with Crippen LogP contribution in [0.5, 0.6) is 0 Å². The average Bonchev–Trinajstić information content (AvgIpc) is 2.69. The molecular weight excluding hydrogens is 212 g/mol. The van der Waals surface area contributed by atoms with Gasteiger partial charge in [-0.1, -0.05) is 6.92 Å². The zero-order valence-corrected chi connectivity index (χ0v) is 10.9. The van der Waals surface area contributed by atoms with Gasteiger partial charge in [0, 0.05) is 37.4 Å². The summed E-state index contributed by atoms with van der Waals surface area (Å²) in [5.41, 5.74) is 8.47. The van der Waals surface area contributed by atoms with Crippen LogP contribution < -0.4 is 11.1 Å². The largest absolute Gasteiger partial charge is 0.328 e. The second-order valence-electron chi connectivity index (χ2n) is 5.12. The van der Waals surface area contributed by atoms with E-state index < -0.39 is 0 Å². The van der Waals surface area contributed by atoms with E-state index in [2.05, 4.69) is 23.5 Å². The van der Waals surface area contributed by atoms with Gasteiger partial charge in [-0.05, 0) is 32.1 Å². The molecule has 0 spiro atoms. The first-order chi connectivity index (χ1) is 8.19. The minimum Gasteiger partial charge on any atom is -0.328 e. The first-order valence-corrected chi connectivity index (χ1v) is 6.69. The van der Waals surface area contributed by atoms with E-state index in [-0.39, 0.29) is 0 Å². The molecule has 96 valence electrons. The van der Waals surface area contributed by atoms with E-state index in [1.807, 2.05) is 11.7 Å². The minimum atomic E-state index is 0.428. The predicted molar refractivity (Wildman–Crippen MR) is 69.7 cm³/mol. The highest BCUT2D eigenvalue weighted by Gasteiger charge is 2.18. The van der Waals surface area contributed by atoms with Gasteiger partial charge in [-0.3, -0.25) is 4.68 Å². The summed E-state index contributed by atoms with van der Waals surface area (Å²) in [5, 5.41) is 8.10. The summed E-state index contributed by atoms with van der Waals surface area (Å²) in [6, 6.07) is 1.07. The molecule has 1 aromatic rings. The summed E-state index contributed by atoms with van der Waals surface area (Å²) >= 11 is 0. The lowest BCUT2D eigenvalue weighted by molar-refractivity contribution is 0.341. The SMILES string of the molecule is CCc1nn(C)cc1CNC1CCC(N)CC1. The number of nitrogens with two attached hydrogens (primary N) is 1. The molecule has 1 saturated carbocycles. The second kappa shape index (κ2) is 5.65. The summed E-state index contributed by atoms with van der Waals surface area (Å²) in [6.45, 7) is 3.10. The summed E-state index contributed by atoms with van der Waals surface area (Å²) in [7, 11) is 1.99. The molecule has 2 rings (SSSR count). The molecule has 0 saturated heterocycles. The number of nitrogens with zero attached hydrogens (tertiary/aromatic N) is 2. The fraction of sp³-hybridized carbons (Fsp3) is 0.769. The van der Waals surface area contributed by atoms with Crippen LogP contribution in [0, 0.1) is 0 Å². The lowest BCUT2D eigenvalue weighted by Crippen LogP contribution is -2.37. The molecule has 0 aliphatic heterocycles. The summed E-state index contributed by atoms with van der Waals surface area (Å²) in [6.07, 6.45) is 7.87. The zero-order chi connectivity index (χ0) is 12.3. The Bertz CT molecular complexity index is 350. The van der Waals surface area contributed by atoms with Crippen LogP contribution in [0.25, 0.3) is 0 Å². The van der Waals surface area contributed by atoms with Crippen molar-refractivity contribution >= 4 is 0 Å². The van der Waals surface area contributed by atoms with Crippen LogP contribution in [0.3, 0.4) is 0 Å². The zero-order valence-electron chi connectivity index (χ0n) is 10.9. The molecule has 0 unspecified atom stereocenters.